The van der Waals surface area contributed by atoms with Crippen molar-refractivity contribution in [3.8, 4) is 0 Å². The molecular formula is C15H21NO3. The molecule has 4 nitrogen and oxygen atoms in total. The van der Waals surface area contributed by atoms with Crippen molar-refractivity contribution in [3.05, 3.63) is 23.3 Å². The first-order chi connectivity index (χ1) is 9.10. The lowest BCUT2D eigenvalue weighted by atomic mass is 9.83. The van der Waals surface area contributed by atoms with Gasteiger partial charge in [0.15, 0.2) is 5.78 Å². The normalized spacial score (nSPS) is 21.9. The van der Waals surface area contributed by atoms with E-state index in [0.717, 1.165) is 31.5 Å². The number of nitrogens with zero attached hydrogens (tertiary/aromatic N) is 1. The third-order valence-corrected chi connectivity index (χ3v) is 3.79. The highest BCUT2D eigenvalue weighted by atomic mass is 16.5. The summed E-state index contributed by atoms with van der Waals surface area (Å²) in [7, 11) is 2.11. The van der Waals surface area contributed by atoms with Gasteiger partial charge < -0.3 is 9.64 Å². The Bertz CT molecular complexity index is 429. The molecule has 0 aromatic heterocycles. The minimum Gasteiger partial charge on any atom is -0.462 e. The fraction of sp³-hybridized carbons (Fsp3) is 0.600. The summed E-state index contributed by atoms with van der Waals surface area (Å²) >= 11 is 0. The first kappa shape index (κ1) is 14.0. The van der Waals surface area contributed by atoms with Gasteiger partial charge in [-0.3, -0.25) is 4.79 Å². The Balaban J connectivity index is 2.10. The second kappa shape index (κ2) is 6.15. The molecular weight excluding hydrogens is 242 g/mol. The maximum Gasteiger partial charge on any atom is 0.338 e. The van der Waals surface area contributed by atoms with Crippen molar-refractivity contribution in [2.45, 2.75) is 26.2 Å². The number of ether oxygens (including phenoxy) is 1. The van der Waals surface area contributed by atoms with E-state index < -0.39 is 0 Å². The third kappa shape index (κ3) is 3.53. The van der Waals surface area contributed by atoms with E-state index in [1.165, 1.54) is 6.08 Å². The molecule has 0 radical (unpaired) electrons. The van der Waals surface area contributed by atoms with Crippen LogP contribution in [-0.4, -0.2) is 43.4 Å². The van der Waals surface area contributed by atoms with Gasteiger partial charge in [0.2, 0.25) is 0 Å². The maximum absolute atomic E-state index is 11.8. The van der Waals surface area contributed by atoms with Crippen molar-refractivity contribution in [1.82, 2.24) is 4.90 Å². The molecule has 0 atom stereocenters. The van der Waals surface area contributed by atoms with Crippen LogP contribution in [0.25, 0.3) is 0 Å². The number of likely N-dealkylation sites (tertiary alicyclic amines) is 1. The predicted octanol–water partition coefficient (Wildman–Crippen LogP) is 1.72. The molecule has 0 amide bonds. The van der Waals surface area contributed by atoms with E-state index in [0.29, 0.717) is 24.5 Å². The zero-order valence-electron chi connectivity index (χ0n) is 11.6. The summed E-state index contributed by atoms with van der Waals surface area (Å²) in [4.78, 5) is 25.8. The van der Waals surface area contributed by atoms with Crippen LogP contribution in [0.3, 0.4) is 0 Å². The first-order valence-corrected chi connectivity index (χ1v) is 6.90. The smallest absolute Gasteiger partial charge is 0.338 e. The summed E-state index contributed by atoms with van der Waals surface area (Å²) in [5, 5.41) is 0. The Morgan fingerprint density at radius 1 is 1.37 bits per heavy atom. The molecule has 0 aromatic rings. The predicted molar refractivity (Wildman–Crippen MR) is 72.6 cm³/mol. The highest BCUT2D eigenvalue weighted by Crippen LogP contribution is 2.30. The Morgan fingerprint density at radius 3 is 2.68 bits per heavy atom. The molecule has 0 bridgehead atoms. The SMILES string of the molecule is CCOC(=O)C1=CC(=O)CC(C2CCN(C)CC2)=C1. The van der Waals surface area contributed by atoms with E-state index in [9.17, 15) is 9.59 Å². The number of rotatable bonds is 3. The standard InChI is InChI=1S/C15H21NO3/c1-3-19-15(18)13-8-12(9-14(17)10-13)11-4-6-16(2)7-5-11/h8,10-11H,3-7,9H2,1-2H3. The average molecular weight is 263 g/mol. The Kier molecular flexibility index (Phi) is 4.53. The van der Waals surface area contributed by atoms with Crippen LogP contribution >= 0.6 is 0 Å². The van der Waals surface area contributed by atoms with Gasteiger partial charge >= 0.3 is 5.97 Å². The molecule has 1 fully saturated rings. The monoisotopic (exact) mass is 263 g/mol. The lowest BCUT2D eigenvalue weighted by Gasteiger charge is -2.31. The number of hydrogen-bond acceptors (Lipinski definition) is 4. The van der Waals surface area contributed by atoms with Crippen LogP contribution in [-0.2, 0) is 14.3 Å². The number of ketones is 1. The van der Waals surface area contributed by atoms with E-state index in [1.54, 1.807) is 6.92 Å². The van der Waals surface area contributed by atoms with E-state index >= 15 is 0 Å². The molecule has 19 heavy (non-hydrogen) atoms. The first-order valence-electron chi connectivity index (χ1n) is 6.90. The van der Waals surface area contributed by atoms with Gasteiger partial charge in [-0.2, -0.15) is 0 Å². The maximum atomic E-state index is 11.8. The van der Waals surface area contributed by atoms with Crippen LogP contribution in [0.15, 0.2) is 23.3 Å². The average Bonchev–Trinajstić information content (AvgIpc) is 2.39. The number of carbonyl (C=O) groups excluding carboxylic acids is 2. The lowest BCUT2D eigenvalue weighted by molar-refractivity contribution is -0.138. The molecule has 4 heteroatoms. The molecule has 2 rings (SSSR count). The zero-order chi connectivity index (χ0) is 13.8. The summed E-state index contributed by atoms with van der Waals surface area (Å²) in [6, 6.07) is 0. The van der Waals surface area contributed by atoms with Crippen LogP contribution in [0.5, 0.6) is 0 Å². The molecule has 104 valence electrons. The fourth-order valence-electron chi connectivity index (χ4n) is 2.69. The fourth-order valence-corrected chi connectivity index (χ4v) is 2.69. The summed E-state index contributed by atoms with van der Waals surface area (Å²) in [5.74, 6) is 0.0544. The van der Waals surface area contributed by atoms with Crippen molar-refractivity contribution in [3.63, 3.8) is 0 Å². The van der Waals surface area contributed by atoms with Crippen molar-refractivity contribution in [2.75, 3.05) is 26.7 Å². The van der Waals surface area contributed by atoms with E-state index in [-0.39, 0.29) is 11.8 Å². The van der Waals surface area contributed by atoms with Gasteiger partial charge in [-0.1, -0.05) is 5.57 Å². The van der Waals surface area contributed by atoms with Crippen LogP contribution in [0.1, 0.15) is 26.2 Å². The van der Waals surface area contributed by atoms with Crippen LogP contribution < -0.4 is 0 Å². The van der Waals surface area contributed by atoms with Crippen LogP contribution in [0, 0.1) is 5.92 Å². The van der Waals surface area contributed by atoms with Crippen LogP contribution in [0.2, 0.25) is 0 Å². The van der Waals surface area contributed by atoms with Crippen molar-refractivity contribution < 1.29 is 14.3 Å². The zero-order valence-corrected chi connectivity index (χ0v) is 11.6. The second-order valence-corrected chi connectivity index (χ2v) is 5.26. The van der Waals surface area contributed by atoms with Gasteiger partial charge in [-0.05, 0) is 58.0 Å². The van der Waals surface area contributed by atoms with Gasteiger partial charge in [0.25, 0.3) is 0 Å². The number of piperidine rings is 1. The molecule has 0 N–H and O–H groups in total. The summed E-state index contributed by atoms with van der Waals surface area (Å²) in [6.07, 6.45) is 5.86. The summed E-state index contributed by atoms with van der Waals surface area (Å²) in [6.45, 7) is 4.20. The van der Waals surface area contributed by atoms with Gasteiger partial charge in [-0.15, -0.1) is 0 Å². The Hall–Kier alpha value is -1.42. The number of hydrogen-bond donors (Lipinski definition) is 0. The van der Waals surface area contributed by atoms with E-state index in [2.05, 4.69) is 11.9 Å². The van der Waals surface area contributed by atoms with Gasteiger partial charge in [0.05, 0.1) is 12.2 Å². The number of allylic oxidation sites excluding steroid dienone is 2. The van der Waals surface area contributed by atoms with E-state index in [4.69, 9.17) is 4.74 Å². The lowest BCUT2D eigenvalue weighted by Crippen LogP contribution is -2.31. The van der Waals surface area contributed by atoms with Crippen molar-refractivity contribution in [2.24, 2.45) is 5.92 Å². The Labute approximate surface area is 114 Å². The van der Waals surface area contributed by atoms with Gasteiger partial charge in [-0.25, -0.2) is 4.79 Å². The molecule has 1 aliphatic heterocycles. The van der Waals surface area contributed by atoms with E-state index in [1.807, 2.05) is 6.08 Å². The summed E-state index contributed by atoms with van der Waals surface area (Å²) < 4.78 is 4.97. The largest absolute Gasteiger partial charge is 0.462 e. The molecule has 0 unspecified atom stereocenters. The summed E-state index contributed by atoms with van der Waals surface area (Å²) in [5.41, 5.74) is 1.51. The minimum absolute atomic E-state index is 0.0134. The molecule has 2 aliphatic rings. The third-order valence-electron chi connectivity index (χ3n) is 3.79. The van der Waals surface area contributed by atoms with Crippen molar-refractivity contribution in [1.29, 1.82) is 0 Å². The highest BCUT2D eigenvalue weighted by molar-refractivity contribution is 6.04. The molecule has 1 heterocycles. The highest BCUT2D eigenvalue weighted by Gasteiger charge is 2.25. The van der Waals surface area contributed by atoms with Crippen molar-refractivity contribution >= 4 is 11.8 Å². The number of carbonyl (C=O) groups is 2. The number of esters is 1. The second-order valence-electron chi connectivity index (χ2n) is 5.26. The van der Waals surface area contributed by atoms with Gasteiger partial charge in [0, 0.05) is 6.42 Å². The minimum atomic E-state index is -0.388. The topological polar surface area (TPSA) is 46.6 Å². The molecule has 1 aliphatic carbocycles. The molecule has 1 saturated heterocycles. The molecule has 0 saturated carbocycles. The van der Waals surface area contributed by atoms with Crippen LogP contribution in [0.4, 0.5) is 0 Å². The molecule has 0 aromatic carbocycles. The Morgan fingerprint density at radius 2 is 2.05 bits per heavy atom. The quantitative estimate of drug-likeness (QED) is 0.727. The van der Waals surface area contributed by atoms with Gasteiger partial charge in [0.1, 0.15) is 0 Å². The molecule has 0 spiro atoms.